The number of fused-ring (bicyclic) bond motifs is 6. The van der Waals surface area contributed by atoms with E-state index in [0.717, 1.165) is 55.3 Å². The van der Waals surface area contributed by atoms with Gasteiger partial charge in [-0.2, -0.15) is 0 Å². The van der Waals surface area contributed by atoms with E-state index in [-0.39, 0.29) is 0 Å². The molecule has 0 atom stereocenters. The molecule has 63 heavy (non-hydrogen) atoms. The first-order chi connectivity index (χ1) is 31.3. The number of benzene rings is 8. The average molecular weight is 824 g/mol. The zero-order valence-electron chi connectivity index (χ0n) is 34.0. The normalized spacial score (nSPS) is 11.8. The maximum absolute atomic E-state index is 6.34. The summed E-state index contributed by atoms with van der Waals surface area (Å²) in [4.78, 5) is 20.5. The Bertz CT molecular complexity index is 3470. The highest BCUT2D eigenvalue weighted by Crippen LogP contribution is 2.38. The summed E-state index contributed by atoms with van der Waals surface area (Å²) in [5.41, 5.74) is 7.34. The van der Waals surface area contributed by atoms with E-state index in [1.54, 1.807) is 6.20 Å². The Morgan fingerprint density at radius 2 is 0.889 bits per heavy atom. The van der Waals surface area contributed by atoms with E-state index in [1.807, 2.05) is 24.4 Å². The van der Waals surface area contributed by atoms with Gasteiger partial charge < -0.3 is 8.98 Å². The molecule has 0 unspecified atom stereocenters. The highest BCUT2D eigenvalue weighted by molar-refractivity contribution is 7.19. The van der Waals surface area contributed by atoms with E-state index in [1.165, 1.54) is 31.5 Å². The quantitative estimate of drug-likeness (QED) is 0.113. The van der Waals surface area contributed by atoms with Crippen molar-refractivity contribution in [3.05, 3.63) is 225 Å². The van der Waals surface area contributed by atoms with Crippen molar-refractivity contribution >= 4 is 72.6 Å². The van der Waals surface area contributed by atoms with Crippen molar-refractivity contribution in [2.45, 2.75) is 0 Å². The van der Waals surface area contributed by atoms with Crippen LogP contribution in [0.25, 0.3) is 83.6 Å². The number of aromatic nitrogens is 5. The molecule has 6 nitrogen and oxygen atoms in total. The van der Waals surface area contributed by atoms with Gasteiger partial charge in [0.05, 0.1) is 16.7 Å². The molecule has 0 bridgehead atoms. The summed E-state index contributed by atoms with van der Waals surface area (Å²) in [6.45, 7) is 0. The van der Waals surface area contributed by atoms with Gasteiger partial charge in [-0.1, -0.05) is 176 Å². The Hall–Kier alpha value is -8.26. The molecule has 12 aromatic rings. The fraction of sp³-hybridized carbons (Fsp3) is 0. The highest BCUT2D eigenvalue weighted by atomic mass is 28.3. The number of hydrogen-bond donors (Lipinski definition) is 0. The van der Waals surface area contributed by atoms with E-state index in [2.05, 4.69) is 204 Å². The Kier molecular flexibility index (Phi) is 8.72. The van der Waals surface area contributed by atoms with E-state index in [0.29, 0.717) is 17.5 Å². The molecule has 4 aromatic heterocycles. The van der Waals surface area contributed by atoms with Crippen LogP contribution in [-0.4, -0.2) is 32.6 Å². The van der Waals surface area contributed by atoms with Crippen LogP contribution in [0.5, 0.6) is 0 Å². The summed E-state index contributed by atoms with van der Waals surface area (Å²) >= 11 is 0. The van der Waals surface area contributed by atoms with Crippen molar-refractivity contribution in [1.29, 1.82) is 0 Å². The van der Waals surface area contributed by atoms with Crippen LogP contribution in [0.2, 0.25) is 0 Å². The van der Waals surface area contributed by atoms with Crippen LogP contribution in [0.3, 0.4) is 0 Å². The molecule has 0 N–H and O–H groups in total. The van der Waals surface area contributed by atoms with Crippen molar-refractivity contribution in [2.24, 2.45) is 0 Å². The summed E-state index contributed by atoms with van der Waals surface area (Å²) in [6, 6.07) is 75.4. The largest absolute Gasteiger partial charge is 0.456 e. The minimum atomic E-state index is -2.76. The Balaban J connectivity index is 1.09. The second-order valence-electron chi connectivity index (χ2n) is 15.8. The molecular weight excluding hydrogens is 787 g/mol. The molecule has 0 fully saturated rings. The summed E-state index contributed by atoms with van der Waals surface area (Å²) < 4.78 is 8.67. The lowest BCUT2D eigenvalue weighted by molar-refractivity contribution is 0.668. The molecule has 4 heterocycles. The third-order valence-electron chi connectivity index (χ3n) is 12.3. The summed E-state index contributed by atoms with van der Waals surface area (Å²) in [6.07, 6.45) is 3.61. The first-order valence-corrected chi connectivity index (χ1v) is 23.1. The zero-order valence-corrected chi connectivity index (χ0v) is 35.0. The minimum Gasteiger partial charge on any atom is -0.456 e. The van der Waals surface area contributed by atoms with Gasteiger partial charge in [0, 0.05) is 50.6 Å². The maximum Gasteiger partial charge on any atom is 0.179 e. The maximum atomic E-state index is 6.34. The number of rotatable bonds is 8. The molecule has 0 aliphatic rings. The molecule has 0 amide bonds. The van der Waals surface area contributed by atoms with Crippen molar-refractivity contribution in [3.8, 4) is 39.9 Å². The molecular formula is C56H37N5OSi. The molecule has 0 saturated heterocycles. The molecule has 8 aromatic carbocycles. The van der Waals surface area contributed by atoms with Crippen LogP contribution >= 0.6 is 0 Å². The first-order valence-electron chi connectivity index (χ1n) is 21.1. The van der Waals surface area contributed by atoms with E-state index >= 15 is 0 Å². The lowest BCUT2D eigenvalue weighted by Gasteiger charge is -2.34. The third kappa shape index (κ3) is 5.93. The van der Waals surface area contributed by atoms with Gasteiger partial charge in [0.2, 0.25) is 0 Å². The lowest BCUT2D eigenvalue weighted by Crippen LogP contribution is -2.74. The van der Waals surface area contributed by atoms with E-state index in [9.17, 15) is 0 Å². The van der Waals surface area contributed by atoms with Gasteiger partial charge >= 0.3 is 0 Å². The summed E-state index contributed by atoms with van der Waals surface area (Å²) in [5.74, 6) is 1.70. The standard InChI is InChI=1S/C56H37N5OSi/c1-4-17-39(18-5-1)63(40-19-6-2-7-20-40,41-21-8-3-9-22-41)42-33-31-38(32-34-42)54-58-55(60-56(59-54)46-26-16-30-52-53(46)47-37-57-36-35-51(47)62-52)45-25-12-15-29-50(45)61-48-27-13-10-23-43(48)44-24-11-14-28-49(44)61/h1-37H. The summed E-state index contributed by atoms with van der Waals surface area (Å²) in [5, 5.41) is 9.42. The average Bonchev–Trinajstić information content (AvgIpc) is 3.91. The van der Waals surface area contributed by atoms with Crippen molar-refractivity contribution in [3.63, 3.8) is 0 Å². The van der Waals surface area contributed by atoms with Crippen LogP contribution < -0.4 is 20.7 Å². The fourth-order valence-corrected chi connectivity index (χ4v) is 14.3. The zero-order chi connectivity index (χ0) is 41.7. The molecule has 0 aliphatic heterocycles. The van der Waals surface area contributed by atoms with Gasteiger partial charge in [-0.05, 0) is 57.1 Å². The van der Waals surface area contributed by atoms with Crippen LogP contribution in [0.1, 0.15) is 0 Å². The molecule has 0 radical (unpaired) electrons. The Labute approximate surface area is 364 Å². The van der Waals surface area contributed by atoms with Gasteiger partial charge in [-0.15, -0.1) is 0 Å². The number of nitrogens with zero attached hydrogens (tertiary/aromatic N) is 5. The molecule has 12 rings (SSSR count). The SMILES string of the molecule is c1ccc([Si](c2ccccc2)(c2ccccc2)c2ccc(-c3nc(-c4ccccc4-n4c5ccccc5c5ccccc54)nc(-c4cccc5oc6ccncc6c45)n3)cc2)cc1. The number of pyridine rings is 1. The third-order valence-corrected chi connectivity index (χ3v) is 17.1. The Morgan fingerprint density at radius 1 is 0.381 bits per heavy atom. The van der Waals surface area contributed by atoms with Gasteiger partial charge in [0.1, 0.15) is 11.2 Å². The highest BCUT2D eigenvalue weighted by Gasteiger charge is 2.41. The van der Waals surface area contributed by atoms with Crippen LogP contribution in [0, 0.1) is 0 Å². The first kappa shape index (κ1) is 36.6. The van der Waals surface area contributed by atoms with Crippen molar-refractivity contribution in [2.75, 3.05) is 0 Å². The molecule has 0 saturated carbocycles. The predicted molar refractivity (Wildman–Crippen MR) is 259 cm³/mol. The van der Waals surface area contributed by atoms with Gasteiger partial charge in [-0.3, -0.25) is 4.98 Å². The van der Waals surface area contributed by atoms with E-state index in [4.69, 9.17) is 19.4 Å². The second kappa shape index (κ2) is 15.0. The molecule has 0 spiro atoms. The number of para-hydroxylation sites is 3. The lowest BCUT2D eigenvalue weighted by atomic mass is 10.1. The van der Waals surface area contributed by atoms with Gasteiger partial charge in [-0.25, -0.2) is 15.0 Å². The fourth-order valence-electron chi connectivity index (χ4n) is 9.58. The second-order valence-corrected chi connectivity index (χ2v) is 19.6. The monoisotopic (exact) mass is 823 g/mol. The van der Waals surface area contributed by atoms with Crippen LogP contribution in [-0.2, 0) is 0 Å². The van der Waals surface area contributed by atoms with Gasteiger partial charge in [0.15, 0.2) is 25.5 Å². The molecule has 7 heteroatoms. The van der Waals surface area contributed by atoms with Crippen molar-refractivity contribution in [1.82, 2.24) is 24.5 Å². The van der Waals surface area contributed by atoms with Gasteiger partial charge in [0.25, 0.3) is 0 Å². The smallest absolute Gasteiger partial charge is 0.179 e. The van der Waals surface area contributed by atoms with Crippen LogP contribution in [0.15, 0.2) is 229 Å². The Morgan fingerprint density at radius 3 is 1.52 bits per heavy atom. The summed E-state index contributed by atoms with van der Waals surface area (Å²) in [7, 11) is -2.76. The predicted octanol–water partition coefficient (Wildman–Crippen LogP) is 10.6. The number of hydrogen-bond acceptors (Lipinski definition) is 5. The van der Waals surface area contributed by atoms with Crippen LogP contribution in [0.4, 0.5) is 0 Å². The van der Waals surface area contributed by atoms with E-state index < -0.39 is 8.07 Å². The topological polar surface area (TPSA) is 69.6 Å². The number of furan rings is 1. The molecule has 296 valence electrons. The van der Waals surface area contributed by atoms with Crippen molar-refractivity contribution < 1.29 is 4.42 Å². The molecule has 0 aliphatic carbocycles. The minimum absolute atomic E-state index is 0.551.